The number of aliphatic hydroxyl groups is 2. The fourth-order valence-electron chi connectivity index (χ4n) is 1.40. The van der Waals surface area contributed by atoms with E-state index in [1.54, 1.807) is 0 Å². The summed E-state index contributed by atoms with van der Waals surface area (Å²) in [5.74, 6) is 1.39. The Labute approximate surface area is 101 Å². The highest BCUT2D eigenvalue weighted by atomic mass is 16.4. The van der Waals surface area contributed by atoms with Crippen LogP contribution in [0.3, 0.4) is 0 Å². The highest BCUT2D eigenvalue weighted by Gasteiger charge is 2.49. The quantitative estimate of drug-likeness (QED) is 0.280. The Balaban J connectivity index is 3.26. The zero-order valence-electron chi connectivity index (χ0n) is 9.07. The fraction of sp³-hybridized carbons (Fsp3) is 0.200. The van der Waals surface area contributed by atoms with E-state index in [9.17, 15) is 19.8 Å². The molecule has 1 aromatic rings. The van der Waals surface area contributed by atoms with Crippen molar-refractivity contribution < 1.29 is 30.0 Å². The van der Waals surface area contributed by atoms with Gasteiger partial charge in [0.25, 0.3) is 0 Å². The summed E-state index contributed by atoms with van der Waals surface area (Å²) in [5.41, 5.74) is -0.500. The summed E-state index contributed by atoms with van der Waals surface area (Å²) in [5, 5.41) is 36.7. The van der Waals surface area contributed by atoms with Gasteiger partial charge in [-0.1, -0.05) is 12.1 Å². The van der Waals surface area contributed by atoms with E-state index >= 15 is 0 Å². The van der Waals surface area contributed by atoms with Crippen molar-refractivity contribution in [2.75, 3.05) is 5.43 Å². The molecular weight excluding hydrogens is 244 g/mol. The first-order chi connectivity index (χ1) is 8.33. The number of aliphatic hydroxyl groups excluding tert-OH is 1. The minimum absolute atomic E-state index is 0.274. The number of carboxylic acid groups (broad SMARTS) is 2. The normalized spacial score (nSPS) is 15.5. The van der Waals surface area contributed by atoms with E-state index in [-0.39, 0.29) is 5.56 Å². The van der Waals surface area contributed by atoms with Gasteiger partial charge in [0.05, 0.1) is 0 Å². The number of carboxylic acids is 2. The van der Waals surface area contributed by atoms with Crippen LogP contribution in [0.5, 0.6) is 0 Å². The van der Waals surface area contributed by atoms with Crippen LogP contribution < -0.4 is 11.3 Å². The Hall–Kier alpha value is -2.16. The monoisotopic (exact) mass is 256 g/mol. The molecule has 0 aliphatic heterocycles. The lowest BCUT2D eigenvalue weighted by molar-refractivity contribution is -0.185. The number of hydrazine groups is 1. The number of hydrogen-bond acceptors (Lipinski definition) is 6. The largest absolute Gasteiger partial charge is 0.479 e. The topological polar surface area (TPSA) is 153 Å². The van der Waals surface area contributed by atoms with Gasteiger partial charge in [0.1, 0.15) is 0 Å². The van der Waals surface area contributed by atoms with Crippen molar-refractivity contribution in [3.8, 4) is 0 Å². The average Bonchev–Trinajstić information content (AvgIpc) is 2.36. The Morgan fingerprint density at radius 2 is 1.72 bits per heavy atom. The summed E-state index contributed by atoms with van der Waals surface area (Å²) >= 11 is 0. The van der Waals surface area contributed by atoms with Crippen LogP contribution in [0.4, 0.5) is 5.69 Å². The summed E-state index contributed by atoms with van der Waals surface area (Å²) in [6, 6.07) is 4.96. The number of aliphatic carboxylic acids is 2. The fourth-order valence-corrected chi connectivity index (χ4v) is 1.40. The maximum absolute atomic E-state index is 11.0. The molecule has 0 aliphatic rings. The molecule has 0 saturated heterocycles. The van der Waals surface area contributed by atoms with Crippen molar-refractivity contribution in [2.45, 2.75) is 11.7 Å². The summed E-state index contributed by atoms with van der Waals surface area (Å²) in [6.07, 6.45) is -2.49. The standard InChI is InChI=1S/C10H12N2O6/c11-12-6-3-1-5(2-4-6)10(18,9(16)17)7(13)8(14)15/h1-4,7,12-13,18H,11H2,(H,14,15)(H,16,17). The number of hydrogen-bond donors (Lipinski definition) is 6. The molecule has 8 nitrogen and oxygen atoms in total. The number of nitrogens with one attached hydrogen (secondary N) is 1. The first kappa shape index (κ1) is 13.9. The summed E-state index contributed by atoms with van der Waals surface area (Å²) < 4.78 is 0. The number of benzene rings is 1. The van der Waals surface area contributed by atoms with Gasteiger partial charge >= 0.3 is 11.9 Å². The molecule has 98 valence electrons. The van der Waals surface area contributed by atoms with Gasteiger partial charge in [-0.3, -0.25) is 5.84 Å². The van der Waals surface area contributed by atoms with Crippen LogP contribution in [0.2, 0.25) is 0 Å². The lowest BCUT2D eigenvalue weighted by atomic mass is 9.88. The zero-order valence-corrected chi connectivity index (χ0v) is 9.07. The molecule has 1 rings (SSSR count). The van der Waals surface area contributed by atoms with Crippen LogP contribution in [-0.4, -0.2) is 38.5 Å². The van der Waals surface area contributed by atoms with Crippen LogP contribution in [0.25, 0.3) is 0 Å². The van der Waals surface area contributed by atoms with Gasteiger partial charge < -0.3 is 25.9 Å². The third-order valence-electron chi connectivity index (χ3n) is 2.45. The van der Waals surface area contributed by atoms with Crippen molar-refractivity contribution in [3.63, 3.8) is 0 Å². The molecule has 0 aromatic heterocycles. The second-order valence-corrected chi connectivity index (χ2v) is 3.53. The number of rotatable bonds is 5. The molecule has 0 bridgehead atoms. The van der Waals surface area contributed by atoms with Gasteiger partial charge in [0.2, 0.25) is 5.60 Å². The van der Waals surface area contributed by atoms with Gasteiger partial charge in [-0.2, -0.15) is 0 Å². The predicted molar refractivity (Wildman–Crippen MR) is 59.4 cm³/mol. The Morgan fingerprint density at radius 1 is 1.22 bits per heavy atom. The van der Waals surface area contributed by atoms with Crippen LogP contribution >= 0.6 is 0 Å². The highest BCUT2D eigenvalue weighted by molar-refractivity contribution is 5.88. The van der Waals surface area contributed by atoms with E-state index in [1.807, 2.05) is 0 Å². The molecule has 0 radical (unpaired) electrons. The Bertz CT molecular complexity index is 460. The second kappa shape index (κ2) is 5.00. The van der Waals surface area contributed by atoms with Crippen LogP contribution in [0.1, 0.15) is 5.56 Å². The van der Waals surface area contributed by atoms with E-state index in [0.29, 0.717) is 5.69 Å². The van der Waals surface area contributed by atoms with Gasteiger partial charge in [0, 0.05) is 5.69 Å². The maximum Gasteiger partial charge on any atom is 0.343 e. The third-order valence-corrected chi connectivity index (χ3v) is 2.45. The summed E-state index contributed by atoms with van der Waals surface area (Å²) in [4.78, 5) is 21.6. The number of nitrogen functional groups attached to an aromatic ring is 1. The molecule has 1 aromatic carbocycles. The summed E-state index contributed by atoms with van der Waals surface area (Å²) in [6.45, 7) is 0. The smallest absolute Gasteiger partial charge is 0.343 e. The van der Waals surface area contributed by atoms with Crippen molar-refractivity contribution in [1.82, 2.24) is 0 Å². The predicted octanol–water partition coefficient (Wildman–Crippen LogP) is -1.31. The first-order valence-corrected chi connectivity index (χ1v) is 4.77. The molecule has 2 atom stereocenters. The molecule has 2 unspecified atom stereocenters. The molecule has 0 aliphatic carbocycles. The van der Waals surface area contributed by atoms with Gasteiger partial charge in [0.15, 0.2) is 6.10 Å². The Morgan fingerprint density at radius 3 is 2.06 bits per heavy atom. The van der Waals surface area contributed by atoms with Crippen molar-refractivity contribution in [3.05, 3.63) is 29.8 Å². The third kappa shape index (κ3) is 2.25. The molecule has 0 amide bonds. The van der Waals surface area contributed by atoms with Crippen molar-refractivity contribution >= 4 is 17.6 Å². The molecule has 0 saturated carbocycles. The van der Waals surface area contributed by atoms with Crippen molar-refractivity contribution in [1.29, 1.82) is 0 Å². The van der Waals surface area contributed by atoms with Crippen molar-refractivity contribution in [2.24, 2.45) is 5.84 Å². The second-order valence-electron chi connectivity index (χ2n) is 3.53. The van der Waals surface area contributed by atoms with E-state index in [1.165, 1.54) is 12.1 Å². The molecule has 0 fully saturated rings. The van der Waals surface area contributed by atoms with Crippen LogP contribution in [-0.2, 0) is 15.2 Å². The van der Waals surface area contributed by atoms with Crippen LogP contribution in [0, 0.1) is 0 Å². The van der Waals surface area contributed by atoms with Gasteiger partial charge in [-0.15, -0.1) is 0 Å². The van der Waals surface area contributed by atoms with E-state index in [4.69, 9.17) is 16.1 Å². The molecule has 8 heteroatoms. The Kier molecular flexibility index (Phi) is 3.86. The lowest BCUT2D eigenvalue weighted by Gasteiger charge is -2.26. The van der Waals surface area contributed by atoms with Crippen LogP contribution in [0.15, 0.2) is 24.3 Å². The SMILES string of the molecule is NNc1ccc(C(O)(C(=O)O)C(O)C(=O)O)cc1. The minimum atomic E-state index is -2.93. The van der Waals surface area contributed by atoms with E-state index in [0.717, 1.165) is 12.1 Å². The molecule has 18 heavy (non-hydrogen) atoms. The molecule has 0 heterocycles. The summed E-state index contributed by atoms with van der Waals surface area (Å²) in [7, 11) is 0. The molecule has 7 N–H and O–H groups in total. The van der Waals surface area contributed by atoms with E-state index < -0.39 is 23.6 Å². The lowest BCUT2D eigenvalue weighted by Crippen LogP contribution is -2.50. The van der Waals surface area contributed by atoms with Gasteiger partial charge in [-0.25, -0.2) is 9.59 Å². The van der Waals surface area contributed by atoms with E-state index in [2.05, 4.69) is 5.43 Å². The number of nitrogens with two attached hydrogens (primary N) is 1. The average molecular weight is 256 g/mol. The molecule has 0 spiro atoms. The first-order valence-electron chi connectivity index (χ1n) is 4.77. The molecular formula is C10H12N2O6. The zero-order chi connectivity index (χ0) is 13.9. The highest BCUT2D eigenvalue weighted by Crippen LogP contribution is 2.27. The number of anilines is 1. The minimum Gasteiger partial charge on any atom is -0.479 e. The maximum atomic E-state index is 11.0. The number of carbonyl (C=O) groups is 2. The van der Waals surface area contributed by atoms with Gasteiger partial charge in [-0.05, 0) is 17.7 Å².